The van der Waals surface area contributed by atoms with Gasteiger partial charge in [0.05, 0.1) is 18.4 Å². The van der Waals surface area contributed by atoms with Crippen LogP contribution in [0, 0.1) is 11.8 Å². The number of nitrogens with zero attached hydrogens (tertiary/aromatic N) is 1. The number of carboxylic acid groups (broad SMARTS) is 1. The molecule has 1 aromatic carbocycles. The van der Waals surface area contributed by atoms with Gasteiger partial charge in [-0.15, -0.1) is 0 Å². The lowest BCUT2D eigenvalue weighted by Gasteiger charge is -2.50. The van der Waals surface area contributed by atoms with Gasteiger partial charge >= 0.3 is 5.97 Å². The molecule has 130 valence electrons. The number of aromatic amines is 1. The van der Waals surface area contributed by atoms with Gasteiger partial charge in [0, 0.05) is 35.5 Å². The molecule has 5 heteroatoms. The van der Waals surface area contributed by atoms with E-state index in [1.807, 2.05) is 18.4 Å². The zero-order chi connectivity index (χ0) is 17.1. The van der Waals surface area contributed by atoms with E-state index in [0.717, 1.165) is 18.5 Å². The molecule has 5 rings (SSSR count). The fourth-order valence-electron chi connectivity index (χ4n) is 5.06. The number of carboxylic acids is 1. The number of H-pyrrole nitrogens is 1. The van der Waals surface area contributed by atoms with Crippen LogP contribution in [0.5, 0.6) is 0 Å². The van der Waals surface area contributed by atoms with Crippen molar-refractivity contribution in [2.45, 2.75) is 38.0 Å². The SMILES string of the molecule is C[C@@H]1OC=C[C@H]2C[C@H]3c4[nH]c5ccccc5c4C[C@@H](C(=O)O)N3C[C@@H]12. The van der Waals surface area contributed by atoms with Crippen LogP contribution in [0.4, 0.5) is 0 Å². The van der Waals surface area contributed by atoms with Crippen LogP contribution in [0.1, 0.15) is 30.6 Å². The molecule has 4 heterocycles. The van der Waals surface area contributed by atoms with Crippen molar-refractivity contribution in [2.24, 2.45) is 11.8 Å². The van der Waals surface area contributed by atoms with Crippen LogP contribution in [0.15, 0.2) is 36.6 Å². The number of rotatable bonds is 1. The largest absolute Gasteiger partial charge is 0.498 e. The first-order valence-electron chi connectivity index (χ1n) is 9.03. The van der Waals surface area contributed by atoms with Crippen molar-refractivity contribution in [1.29, 1.82) is 0 Å². The van der Waals surface area contributed by atoms with Gasteiger partial charge in [-0.1, -0.05) is 18.2 Å². The molecule has 0 unspecified atom stereocenters. The first-order valence-corrected chi connectivity index (χ1v) is 9.03. The highest BCUT2D eigenvalue weighted by molar-refractivity contribution is 5.86. The lowest BCUT2D eigenvalue weighted by Crippen LogP contribution is -2.56. The summed E-state index contributed by atoms with van der Waals surface area (Å²) in [5.41, 5.74) is 3.51. The third kappa shape index (κ3) is 2.15. The average Bonchev–Trinajstić information content (AvgIpc) is 2.99. The van der Waals surface area contributed by atoms with E-state index in [9.17, 15) is 9.90 Å². The zero-order valence-electron chi connectivity index (χ0n) is 14.2. The van der Waals surface area contributed by atoms with Gasteiger partial charge in [0.2, 0.25) is 0 Å². The maximum absolute atomic E-state index is 12.0. The number of benzene rings is 1. The standard InChI is InChI=1S/C20H22N2O3/c1-11-15-10-22-17(8-12(15)6-7-25-11)19-14(9-18(22)20(23)24)13-4-2-3-5-16(13)21-19/h2-7,11-12,15,17-18,21H,8-10H2,1H3,(H,23,24)/t11-,12-,15-,17-,18-/m0/s1. The van der Waals surface area contributed by atoms with Crippen LogP contribution in [-0.4, -0.2) is 39.7 Å². The molecule has 1 fully saturated rings. The number of carbonyl (C=O) groups is 1. The third-order valence-corrected chi connectivity index (χ3v) is 6.35. The Labute approximate surface area is 146 Å². The van der Waals surface area contributed by atoms with Crippen molar-refractivity contribution < 1.29 is 14.6 Å². The number of para-hydroxylation sites is 1. The lowest BCUT2D eigenvalue weighted by molar-refractivity contribution is -0.148. The molecule has 1 aromatic heterocycles. The maximum atomic E-state index is 12.0. The van der Waals surface area contributed by atoms with Gasteiger partial charge < -0.3 is 14.8 Å². The van der Waals surface area contributed by atoms with Gasteiger partial charge in [0.25, 0.3) is 0 Å². The second kappa shape index (κ2) is 5.36. The predicted octanol–water partition coefficient (Wildman–Crippen LogP) is 3.09. The van der Waals surface area contributed by atoms with E-state index in [4.69, 9.17) is 4.74 Å². The van der Waals surface area contributed by atoms with Crippen molar-refractivity contribution in [3.05, 3.63) is 47.9 Å². The van der Waals surface area contributed by atoms with Gasteiger partial charge in [-0.05, 0) is 37.0 Å². The molecular weight excluding hydrogens is 316 g/mol. The van der Waals surface area contributed by atoms with Crippen molar-refractivity contribution >= 4 is 16.9 Å². The van der Waals surface area contributed by atoms with Crippen LogP contribution < -0.4 is 0 Å². The van der Waals surface area contributed by atoms with Crippen molar-refractivity contribution in [2.75, 3.05) is 6.54 Å². The normalized spacial score (nSPS) is 34.0. The summed E-state index contributed by atoms with van der Waals surface area (Å²) in [6.45, 7) is 2.86. The van der Waals surface area contributed by atoms with Gasteiger partial charge in [-0.25, -0.2) is 0 Å². The molecule has 3 aliphatic heterocycles. The molecule has 5 atom stereocenters. The van der Waals surface area contributed by atoms with Gasteiger partial charge in [0.1, 0.15) is 6.04 Å². The topological polar surface area (TPSA) is 65.6 Å². The fourth-order valence-corrected chi connectivity index (χ4v) is 5.06. The van der Waals surface area contributed by atoms with E-state index in [1.54, 1.807) is 0 Å². The summed E-state index contributed by atoms with van der Waals surface area (Å²) in [5.74, 6) is 0.0742. The third-order valence-electron chi connectivity index (χ3n) is 6.35. The van der Waals surface area contributed by atoms with E-state index in [0.29, 0.717) is 18.3 Å². The second-order valence-electron chi connectivity index (χ2n) is 7.57. The molecule has 3 aliphatic rings. The molecular formula is C20H22N2O3. The molecule has 1 saturated heterocycles. The molecule has 2 aromatic rings. The number of allylic oxidation sites excluding steroid dienone is 1. The summed E-state index contributed by atoms with van der Waals surface area (Å²) in [4.78, 5) is 17.8. The van der Waals surface area contributed by atoms with Gasteiger partial charge in [0.15, 0.2) is 0 Å². The van der Waals surface area contributed by atoms with Crippen LogP contribution in [0.3, 0.4) is 0 Å². The maximum Gasteiger partial charge on any atom is 0.321 e. The van der Waals surface area contributed by atoms with Crippen molar-refractivity contribution in [3.63, 3.8) is 0 Å². The molecule has 0 radical (unpaired) electrons. The van der Waals surface area contributed by atoms with Crippen LogP contribution in [0.25, 0.3) is 10.9 Å². The average molecular weight is 338 g/mol. The Hall–Kier alpha value is -2.27. The zero-order valence-corrected chi connectivity index (χ0v) is 14.2. The van der Waals surface area contributed by atoms with E-state index in [1.165, 1.54) is 16.6 Å². The molecule has 0 amide bonds. The molecule has 25 heavy (non-hydrogen) atoms. The number of ether oxygens (including phenoxy) is 1. The van der Waals surface area contributed by atoms with Gasteiger partial charge in [-0.3, -0.25) is 9.69 Å². The number of nitrogens with one attached hydrogen (secondary N) is 1. The Balaban J connectivity index is 1.63. The minimum Gasteiger partial charge on any atom is -0.498 e. The Morgan fingerprint density at radius 1 is 1.36 bits per heavy atom. The first kappa shape index (κ1) is 15.0. The fraction of sp³-hybridized carbons (Fsp3) is 0.450. The lowest BCUT2D eigenvalue weighted by atomic mass is 9.74. The highest BCUT2D eigenvalue weighted by atomic mass is 16.5. The highest BCUT2D eigenvalue weighted by Gasteiger charge is 2.47. The number of aliphatic carboxylic acids is 1. The summed E-state index contributed by atoms with van der Waals surface area (Å²) >= 11 is 0. The van der Waals surface area contributed by atoms with E-state index in [-0.39, 0.29) is 12.1 Å². The first-order chi connectivity index (χ1) is 12.1. The van der Waals surface area contributed by atoms with Crippen LogP contribution >= 0.6 is 0 Å². The molecule has 2 N–H and O–H groups in total. The number of hydrogen-bond acceptors (Lipinski definition) is 3. The second-order valence-corrected chi connectivity index (χ2v) is 7.57. The quantitative estimate of drug-likeness (QED) is 0.839. The smallest absolute Gasteiger partial charge is 0.321 e. The number of fused-ring (bicyclic) bond motifs is 6. The summed E-state index contributed by atoms with van der Waals surface area (Å²) in [7, 11) is 0. The van der Waals surface area contributed by atoms with Crippen LogP contribution in [-0.2, 0) is 16.0 Å². The number of hydrogen-bond donors (Lipinski definition) is 2. The Morgan fingerprint density at radius 3 is 3.04 bits per heavy atom. The van der Waals surface area contributed by atoms with Crippen molar-refractivity contribution in [3.8, 4) is 0 Å². The van der Waals surface area contributed by atoms with Gasteiger partial charge in [-0.2, -0.15) is 0 Å². The monoisotopic (exact) mass is 338 g/mol. The number of piperidine rings is 1. The summed E-state index contributed by atoms with van der Waals surface area (Å²) in [5, 5.41) is 11.0. The van der Waals surface area contributed by atoms with E-state index >= 15 is 0 Å². The van der Waals surface area contributed by atoms with Crippen molar-refractivity contribution in [1.82, 2.24) is 9.88 Å². The predicted molar refractivity (Wildman–Crippen MR) is 94.2 cm³/mol. The number of aromatic nitrogens is 1. The minimum absolute atomic E-state index is 0.133. The Bertz CT molecular complexity index is 871. The molecule has 0 saturated carbocycles. The summed E-state index contributed by atoms with van der Waals surface area (Å²) < 4.78 is 5.68. The highest BCUT2D eigenvalue weighted by Crippen LogP contribution is 2.47. The Morgan fingerprint density at radius 2 is 2.20 bits per heavy atom. The molecule has 0 bridgehead atoms. The molecule has 0 spiro atoms. The minimum atomic E-state index is -0.723. The van der Waals surface area contributed by atoms with E-state index < -0.39 is 12.0 Å². The Kier molecular flexibility index (Phi) is 3.22. The van der Waals surface area contributed by atoms with E-state index in [2.05, 4.69) is 35.0 Å². The molecule has 5 nitrogen and oxygen atoms in total. The summed E-state index contributed by atoms with van der Waals surface area (Å²) in [6.07, 6.45) is 5.63. The molecule has 0 aliphatic carbocycles. The van der Waals surface area contributed by atoms with Crippen LogP contribution in [0.2, 0.25) is 0 Å². The summed E-state index contributed by atoms with van der Waals surface area (Å²) in [6, 6.07) is 7.90.